The highest BCUT2D eigenvalue weighted by molar-refractivity contribution is 5.88. The van der Waals surface area contributed by atoms with Crippen LogP contribution in [-0.4, -0.2) is 29.1 Å². The lowest BCUT2D eigenvalue weighted by Gasteiger charge is -2.27. The zero-order valence-electron chi connectivity index (χ0n) is 13.4. The SMILES string of the molecule is CCN(CC(C)C)c1cc(C(=O)O)cc(C(C)(C)C)n1. The third kappa shape index (κ3) is 4.22. The number of aromatic carboxylic acids is 1. The van der Waals surface area contributed by atoms with Crippen LogP contribution in [0.1, 0.15) is 57.6 Å². The predicted octanol–water partition coefficient (Wildman–Crippen LogP) is 3.56. The third-order valence-corrected chi connectivity index (χ3v) is 3.12. The second-order valence-corrected chi connectivity index (χ2v) is 6.59. The zero-order valence-corrected chi connectivity index (χ0v) is 13.4. The molecule has 0 aliphatic heterocycles. The molecule has 112 valence electrons. The summed E-state index contributed by atoms with van der Waals surface area (Å²) in [5, 5.41) is 9.29. The van der Waals surface area contributed by atoms with Crippen LogP contribution in [0.4, 0.5) is 5.82 Å². The van der Waals surface area contributed by atoms with Crippen LogP contribution in [0.3, 0.4) is 0 Å². The summed E-state index contributed by atoms with van der Waals surface area (Å²) in [5.74, 6) is 0.356. The Bertz CT molecular complexity index is 476. The van der Waals surface area contributed by atoms with E-state index in [0.29, 0.717) is 11.5 Å². The zero-order chi connectivity index (χ0) is 15.5. The second-order valence-electron chi connectivity index (χ2n) is 6.59. The van der Waals surface area contributed by atoms with Crippen LogP contribution in [0.2, 0.25) is 0 Å². The summed E-state index contributed by atoms with van der Waals surface area (Å²) in [7, 11) is 0. The first-order valence-electron chi connectivity index (χ1n) is 7.16. The van der Waals surface area contributed by atoms with Crippen LogP contribution in [0, 0.1) is 5.92 Å². The summed E-state index contributed by atoms with van der Waals surface area (Å²) in [6.07, 6.45) is 0. The van der Waals surface area contributed by atoms with Crippen LogP contribution in [0.5, 0.6) is 0 Å². The van der Waals surface area contributed by atoms with E-state index in [1.807, 2.05) is 20.8 Å². The molecule has 0 spiro atoms. The maximum atomic E-state index is 11.3. The molecule has 0 saturated carbocycles. The van der Waals surface area contributed by atoms with Gasteiger partial charge >= 0.3 is 5.97 Å². The van der Waals surface area contributed by atoms with Crippen molar-refractivity contribution in [1.82, 2.24) is 4.98 Å². The Morgan fingerprint density at radius 1 is 1.35 bits per heavy atom. The standard InChI is InChI=1S/C16H26N2O2/c1-7-18(10-11(2)3)14-9-12(15(19)20)8-13(17-14)16(4,5)6/h8-9,11H,7,10H2,1-6H3,(H,19,20). The highest BCUT2D eigenvalue weighted by atomic mass is 16.4. The number of aromatic nitrogens is 1. The van der Waals surface area contributed by atoms with E-state index >= 15 is 0 Å². The summed E-state index contributed by atoms with van der Waals surface area (Å²) < 4.78 is 0. The number of rotatable bonds is 5. The molecule has 0 fully saturated rings. The van der Waals surface area contributed by atoms with Crippen LogP contribution in [-0.2, 0) is 5.41 Å². The molecular weight excluding hydrogens is 252 g/mol. The first-order chi connectivity index (χ1) is 9.15. The average molecular weight is 278 g/mol. The van der Waals surface area contributed by atoms with E-state index < -0.39 is 5.97 Å². The topological polar surface area (TPSA) is 53.4 Å². The van der Waals surface area contributed by atoms with Crippen molar-refractivity contribution in [3.8, 4) is 0 Å². The molecule has 4 nitrogen and oxygen atoms in total. The fourth-order valence-corrected chi connectivity index (χ4v) is 2.01. The molecule has 0 amide bonds. The smallest absolute Gasteiger partial charge is 0.335 e. The monoisotopic (exact) mass is 278 g/mol. The van der Waals surface area contributed by atoms with E-state index in [1.54, 1.807) is 12.1 Å². The van der Waals surface area contributed by atoms with Crippen molar-refractivity contribution in [3.63, 3.8) is 0 Å². The summed E-state index contributed by atoms with van der Waals surface area (Å²) in [5.41, 5.74) is 0.953. The third-order valence-electron chi connectivity index (χ3n) is 3.12. The summed E-state index contributed by atoms with van der Waals surface area (Å²) in [6.45, 7) is 14.2. The molecule has 1 aromatic rings. The van der Waals surface area contributed by atoms with Crippen molar-refractivity contribution < 1.29 is 9.90 Å². The highest BCUT2D eigenvalue weighted by Gasteiger charge is 2.20. The Morgan fingerprint density at radius 3 is 2.35 bits per heavy atom. The molecule has 1 rings (SSSR count). The van der Waals surface area contributed by atoms with Crippen molar-refractivity contribution in [1.29, 1.82) is 0 Å². The Labute approximate surface area is 121 Å². The van der Waals surface area contributed by atoms with E-state index in [2.05, 4.69) is 30.7 Å². The second kappa shape index (κ2) is 6.25. The lowest BCUT2D eigenvalue weighted by molar-refractivity contribution is 0.0696. The van der Waals surface area contributed by atoms with Gasteiger partial charge in [0, 0.05) is 24.2 Å². The average Bonchev–Trinajstić information content (AvgIpc) is 2.34. The Hall–Kier alpha value is -1.58. The number of hydrogen-bond donors (Lipinski definition) is 1. The Morgan fingerprint density at radius 2 is 1.95 bits per heavy atom. The first-order valence-corrected chi connectivity index (χ1v) is 7.16. The molecule has 0 bridgehead atoms. The Balaban J connectivity index is 3.30. The van der Waals surface area contributed by atoms with Gasteiger partial charge in [0.1, 0.15) is 5.82 Å². The van der Waals surface area contributed by atoms with Crippen molar-refractivity contribution in [2.24, 2.45) is 5.92 Å². The fraction of sp³-hybridized carbons (Fsp3) is 0.625. The van der Waals surface area contributed by atoms with E-state index in [9.17, 15) is 9.90 Å². The molecular formula is C16H26N2O2. The minimum Gasteiger partial charge on any atom is -0.478 e. The van der Waals surface area contributed by atoms with Gasteiger partial charge in [-0.3, -0.25) is 0 Å². The van der Waals surface area contributed by atoms with Crippen LogP contribution >= 0.6 is 0 Å². The van der Waals surface area contributed by atoms with Crippen molar-refractivity contribution in [2.75, 3.05) is 18.0 Å². The number of carboxylic acids is 1. The lowest BCUT2D eigenvalue weighted by Crippen LogP contribution is -2.29. The van der Waals surface area contributed by atoms with Gasteiger partial charge in [-0.1, -0.05) is 34.6 Å². The normalized spacial score (nSPS) is 11.8. The molecule has 0 aliphatic carbocycles. The summed E-state index contributed by atoms with van der Waals surface area (Å²) in [4.78, 5) is 18.1. The maximum absolute atomic E-state index is 11.3. The van der Waals surface area contributed by atoms with Gasteiger partial charge in [0.05, 0.1) is 5.56 Å². The summed E-state index contributed by atoms with van der Waals surface area (Å²) in [6, 6.07) is 3.35. The van der Waals surface area contributed by atoms with E-state index in [4.69, 9.17) is 0 Å². The van der Waals surface area contributed by atoms with E-state index in [-0.39, 0.29) is 5.41 Å². The lowest BCUT2D eigenvalue weighted by atomic mass is 9.90. The fourth-order valence-electron chi connectivity index (χ4n) is 2.01. The molecule has 1 heterocycles. The first kappa shape index (κ1) is 16.5. The number of nitrogens with zero attached hydrogens (tertiary/aromatic N) is 2. The van der Waals surface area contributed by atoms with Crippen LogP contribution in [0.25, 0.3) is 0 Å². The van der Waals surface area contributed by atoms with Crippen LogP contribution < -0.4 is 4.90 Å². The minimum absolute atomic E-state index is 0.169. The molecule has 0 radical (unpaired) electrons. The molecule has 0 aliphatic rings. The molecule has 0 atom stereocenters. The molecule has 0 saturated heterocycles. The predicted molar refractivity (Wildman–Crippen MR) is 82.6 cm³/mol. The number of pyridine rings is 1. The van der Waals surface area contributed by atoms with Gasteiger partial charge in [0.25, 0.3) is 0 Å². The molecule has 1 N–H and O–H groups in total. The van der Waals surface area contributed by atoms with Gasteiger partial charge in [-0.05, 0) is 25.0 Å². The molecule has 0 aromatic carbocycles. The van der Waals surface area contributed by atoms with Crippen molar-refractivity contribution in [2.45, 2.75) is 47.0 Å². The van der Waals surface area contributed by atoms with Gasteiger partial charge < -0.3 is 10.0 Å². The number of carboxylic acid groups (broad SMARTS) is 1. The number of carbonyl (C=O) groups is 1. The van der Waals surface area contributed by atoms with Gasteiger partial charge in [0.15, 0.2) is 0 Å². The van der Waals surface area contributed by atoms with Crippen molar-refractivity contribution in [3.05, 3.63) is 23.4 Å². The molecule has 4 heteroatoms. The molecule has 1 aromatic heterocycles. The van der Waals surface area contributed by atoms with Crippen molar-refractivity contribution >= 4 is 11.8 Å². The quantitative estimate of drug-likeness (QED) is 0.894. The highest BCUT2D eigenvalue weighted by Crippen LogP contribution is 2.25. The molecule has 0 unspecified atom stereocenters. The van der Waals surface area contributed by atoms with Gasteiger partial charge in [-0.25, -0.2) is 9.78 Å². The number of anilines is 1. The number of hydrogen-bond acceptors (Lipinski definition) is 3. The van der Waals surface area contributed by atoms with E-state index in [1.165, 1.54) is 0 Å². The van der Waals surface area contributed by atoms with Crippen LogP contribution in [0.15, 0.2) is 12.1 Å². The van der Waals surface area contributed by atoms with Gasteiger partial charge in [-0.2, -0.15) is 0 Å². The van der Waals surface area contributed by atoms with Gasteiger partial charge in [-0.15, -0.1) is 0 Å². The van der Waals surface area contributed by atoms with E-state index in [0.717, 1.165) is 24.6 Å². The molecule has 20 heavy (non-hydrogen) atoms. The largest absolute Gasteiger partial charge is 0.478 e. The minimum atomic E-state index is -0.903. The maximum Gasteiger partial charge on any atom is 0.335 e. The Kier molecular flexibility index (Phi) is 5.15. The van der Waals surface area contributed by atoms with Gasteiger partial charge in [0.2, 0.25) is 0 Å². The summed E-state index contributed by atoms with van der Waals surface area (Å²) >= 11 is 0.